The molecule has 0 aliphatic carbocycles. The number of H-pyrrole nitrogens is 1. The summed E-state index contributed by atoms with van der Waals surface area (Å²) in [4.78, 5) is 27.1. The van der Waals surface area contributed by atoms with Crippen LogP contribution < -0.4 is 10.6 Å². The number of rotatable bonds is 7. The molecule has 0 fully saturated rings. The third kappa shape index (κ3) is 4.10. The highest BCUT2D eigenvalue weighted by atomic mass is 16.5. The van der Waals surface area contributed by atoms with Crippen LogP contribution in [0.25, 0.3) is 10.9 Å². The molecule has 3 aromatic rings. The van der Waals surface area contributed by atoms with Crippen molar-refractivity contribution in [1.82, 2.24) is 10.3 Å². The Morgan fingerprint density at radius 1 is 1.08 bits per heavy atom. The highest BCUT2D eigenvalue weighted by Crippen LogP contribution is 2.18. The van der Waals surface area contributed by atoms with E-state index in [1.807, 2.05) is 24.4 Å². The molecule has 0 aliphatic heterocycles. The van der Waals surface area contributed by atoms with Crippen molar-refractivity contribution in [2.45, 2.75) is 6.42 Å². The van der Waals surface area contributed by atoms with Crippen molar-refractivity contribution in [3.05, 3.63) is 65.9 Å². The van der Waals surface area contributed by atoms with E-state index in [1.54, 1.807) is 24.3 Å². The number of anilines is 1. The molecule has 0 saturated carbocycles. The van der Waals surface area contributed by atoms with Crippen molar-refractivity contribution >= 4 is 28.5 Å². The van der Waals surface area contributed by atoms with Crippen LogP contribution in [-0.2, 0) is 16.0 Å². The van der Waals surface area contributed by atoms with Crippen LogP contribution >= 0.6 is 0 Å². The molecule has 0 unspecified atom stereocenters. The maximum Gasteiger partial charge on any atom is 0.339 e. The molecule has 0 atom stereocenters. The number of methoxy groups -OCH3 is 1. The molecule has 26 heavy (non-hydrogen) atoms. The standard InChI is InChI=1S/C20H21N3O3/c1-26-20(25)16-7-3-5-9-18(16)23-19(24)13-21-11-10-14-12-22-17-8-4-2-6-15(14)17/h2-9,12,21-22H,10-11,13H2,1H3,(H,23,24). The van der Waals surface area contributed by atoms with Gasteiger partial charge < -0.3 is 20.4 Å². The monoisotopic (exact) mass is 351 g/mol. The van der Waals surface area contributed by atoms with Gasteiger partial charge in [0.1, 0.15) is 0 Å². The van der Waals surface area contributed by atoms with Gasteiger partial charge in [-0.15, -0.1) is 0 Å². The number of esters is 1. The number of aromatic nitrogens is 1. The summed E-state index contributed by atoms with van der Waals surface area (Å²) in [5.74, 6) is -0.687. The fourth-order valence-electron chi connectivity index (χ4n) is 2.84. The number of fused-ring (bicyclic) bond motifs is 1. The lowest BCUT2D eigenvalue weighted by atomic mass is 10.1. The number of amides is 1. The highest BCUT2D eigenvalue weighted by Gasteiger charge is 2.13. The van der Waals surface area contributed by atoms with E-state index in [9.17, 15) is 9.59 Å². The van der Waals surface area contributed by atoms with Crippen LogP contribution in [0.3, 0.4) is 0 Å². The van der Waals surface area contributed by atoms with E-state index in [-0.39, 0.29) is 12.5 Å². The zero-order valence-corrected chi connectivity index (χ0v) is 14.5. The number of benzene rings is 2. The summed E-state index contributed by atoms with van der Waals surface area (Å²) in [5.41, 5.74) is 3.11. The van der Waals surface area contributed by atoms with Gasteiger partial charge in [0, 0.05) is 17.1 Å². The first-order valence-corrected chi connectivity index (χ1v) is 8.42. The Bertz CT molecular complexity index is 917. The Morgan fingerprint density at radius 2 is 1.85 bits per heavy atom. The van der Waals surface area contributed by atoms with Gasteiger partial charge in [0.25, 0.3) is 0 Å². The summed E-state index contributed by atoms with van der Waals surface area (Å²) in [6.45, 7) is 0.839. The Kier molecular flexibility index (Phi) is 5.66. The van der Waals surface area contributed by atoms with Crippen molar-refractivity contribution in [2.24, 2.45) is 0 Å². The second-order valence-corrected chi connectivity index (χ2v) is 5.87. The number of para-hydroxylation sites is 2. The second kappa shape index (κ2) is 8.31. The quantitative estimate of drug-likeness (QED) is 0.451. The van der Waals surface area contributed by atoms with Gasteiger partial charge in [-0.2, -0.15) is 0 Å². The van der Waals surface area contributed by atoms with E-state index < -0.39 is 5.97 Å². The van der Waals surface area contributed by atoms with E-state index in [1.165, 1.54) is 18.1 Å². The summed E-state index contributed by atoms with van der Waals surface area (Å²) >= 11 is 0. The second-order valence-electron chi connectivity index (χ2n) is 5.87. The minimum absolute atomic E-state index is 0.165. The third-order valence-electron chi connectivity index (χ3n) is 4.14. The first-order valence-electron chi connectivity index (χ1n) is 8.42. The summed E-state index contributed by atoms with van der Waals surface area (Å²) in [5, 5.41) is 7.07. The van der Waals surface area contributed by atoms with Crippen molar-refractivity contribution in [1.29, 1.82) is 0 Å². The van der Waals surface area contributed by atoms with Gasteiger partial charge in [-0.25, -0.2) is 4.79 Å². The number of ether oxygens (including phenoxy) is 1. The summed E-state index contributed by atoms with van der Waals surface area (Å²) in [7, 11) is 1.31. The van der Waals surface area contributed by atoms with Gasteiger partial charge in [-0.1, -0.05) is 30.3 Å². The van der Waals surface area contributed by atoms with Crippen molar-refractivity contribution in [3.63, 3.8) is 0 Å². The molecular formula is C20H21N3O3. The van der Waals surface area contributed by atoms with Crippen LogP contribution in [0.4, 0.5) is 5.69 Å². The lowest BCUT2D eigenvalue weighted by Crippen LogP contribution is -2.30. The van der Waals surface area contributed by atoms with Crippen molar-refractivity contribution < 1.29 is 14.3 Å². The molecule has 2 aromatic carbocycles. The van der Waals surface area contributed by atoms with Crippen molar-refractivity contribution in [3.8, 4) is 0 Å². The third-order valence-corrected chi connectivity index (χ3v) is 4.14. The van der Waals surface area contributed by atoms with E-state index in [0.29, 0.717) is 17.8 Å². The van der Waals surface area contributed by atoms with E-state index in [0.717, 1.165) is 11.9 Å². The Labute approximate surface area is 151 Å². The Hall–Kier alpha value is -3.12. The number of hydrogen-bond acceptors (Lipinski definition) is 4. The summed E-state index contributed by atoms with van der Waals surface area (Å²) in [6.07, 6.45) is 2.81. The number of carbonyl (C=O) groups is 2. The highest BCUT2D eigenvalue weighted by molar-refractivity contribution is 6.01. The Morgan fingerprint density at radius 3 is 2.69 bits per heavy atom. The Balaban J connectivity index is 1.50. The van der Waals surface area contributed by atoms with Crippen LogP contribution in [0.5, 0.6) is 0 Å². The van der Waals surface area contributed by atoms with Gasteiger partial charge in [0.2, 0.25) is 5.91 Å². The van der Waals surface area contributed by atoms with Gasteiger partial charge in [0.05, 0.1) is 24.9 Å². The maximum atomic E-state index is 12.1. The molecule has 3 N–H and O–H groups in total. The maximum absolute atomic E-state index is 12.1. The van der Waals surface area contributed by atoms with Gasteiger partial charge >= 0.3 is 5.97 Å². The molecule has 0 aliphatic rings. The van der Waals surface area contributed by atoms with Crippen LogP contribution in [0, 0.1) is 0 Å². The molecular weight excluding hydrogens is 330 g/mol. The normalized spacial score (nSPS) is 10.7. The van der Waals surface area contributed by atoms with Crippen LogP contribution in [0.1, 0.15) is 15.9 Å². The summed E-state index contributed by atoms with van der Waals surface area (Å²) < 4.78 is 4.72. The molecule has 1 amide bonds. The molecule has 0 radical (unpaired) electrons. The van der Waals surface area contributed by atoms with Crippen LogP contribution in [0.15, 0.2) is 54.7 Å². The van der Waals surface area contributed by atoms with E-state index in [2.05, 4.69) is 21.7 Å². The lowest BCUT2D eigenvalue weighted by molar-refractivity contribution is -0.115. The van der Waals surface area contributed by atoms with E-state index in [4.69, 9.17) is 4.74 Å². The smallest absolute Gasteiger partial charge is 0.339 e. The SMILES string of the molecule is COC(=O)c1ccccc1NC(=O)CNCCc1c[nH]c2ccccc12. The number of hydrogen-bond donors (Lipinski definition) is 3. The minimum Gasteiger partial charge on any atom is -0.465 e. The van der Waals surface area contributed by atoms with Crippen LogP contribution in [-0.4, -0.2) is 37.1 Å². The average molecular weight is 351 g/mol. The molecule has 6 heteroatoms. The van der Waals surface area contributed by atoms with Gasteiger partial charge in [0.15, 0.2) is 0 Å². The molecule has 134 valence electrons. The fourth-order valence-corrected chi connectivity index (χ4v) is 2.84. The molecule has 1 heterocycles. The van der Waals surface area contributed by atoms with E-state index >= 15 is 0 Å². The minimum atomic E-state index is -0.479. The average Bonchev–Trinajstić information content (AvgIpc) is 3.08. The predicted molar refractivity (Wildman–Crippen MR) is 101 cm³/mol. The largest absolute Gasteiger partial charge is 0.465 e. The van der Waals surface area contributed by atoms with Crippen molar-refractivity contribution in [2.75, 3.05) is 25.5 Å². The molecule has 0 saturated heterocycles. The zero-order valence-electron chi connectivity index (χ0n) is 14.5. The molecule has 0 bridgehead atoms. The first-order chi connectivity index (χ1) is 12.7. The topological polar surface area (TPSA) is 83.2 Å². The van der Waals surface area contributed by atoms with Gasteiger partial charge in [-0.3, -0.25) is 4.79 Å². The van der Waals surface area contributed by atoms with Gasteiger partial charge in [-0.05, 0) is 36.7 Å². The number of nitrogens with one attached hydrogen (secondary N) is 3. The molecule has 6 nitrogen and oxygen atoms in total. The zero-order chi connectivity index (χ0) is 18.4. The number of carbonyl (C=O) groups excluding carboxylic acids is 2. The summed E-state index contributed by atoms with van der Waals surface area (Å²) in [6, 6.07) is 14.9. The first kappa shape index (κ1) is 17.7. The van der Waals surface area contributed by atoms with Crippen LogP contribution in [0.2, 0.25) is 0 Å². The fraction of sp³-hybridized carbons (Fsp3) is 0.200. The molecule has 1 aromatic heterocycles. The molecule has 0 spiro atoms. The lowest BCUT2D eigenvalue weighted by Gasteiger charge is -2.10. The molecule has 3 rings (SSSR count). The number of aromatic amines is 1. The predicted octanol–water partition coefficient (Wildman–Crippen LogP) is 2.73.